The minimum Gasteiger partial charge on any atom is -0.377 e. The highest BCUT2D eigenvalue weighted by Crippen LogP contribution is 2.20. The smallest absolute Gasteiger partial charge is 0.128 e. The van der Waals surface area contributed by atoms with Crippen LogP contribution in [0.5, 0.6) is 0 Å². The van der Waals surface area contributed by atoms with E-state index >= 15 is 0 Å². The Morgan fingerprint density at radius 2 is 2.13 bits per heavy atom. The van der Waals surface area contributed by atoms with Crippen molar-refractivity contribution in [3.05, 3.63) is 34.6 Å². The van der Waals surface area contributed by atoms with E-state index in [0.717, 1.165) is 0 Å². The fraction of sp³-hybridized carbons (Fsp3) is 0.455. The van der Waals surface area contributed by atoms with E-state index in [2.05, 4.69) is 0 Å². The third-order valence-electron chi connectivity index (χ3n) is 1.97. The number of ether oxygens (including phenoxy) is 1. The predicted octanol–water partition coefficient (Wildman–Crippen LogP) is 2.90. The molecule has 0 saturated heterocycles. The van der Waals surface area contributed by atoms with Crippen molar-refractivity contribution in [3.63, 3.8) is 0 Å². The molecule has 2 N–H and O–H groups in total. The first-order chi connectivity index (χ1) is 7.00. The maximum Gasteiger partial charge on any atom is 0.128 e. The Hall–Kier alpha value is -0.640. The molecule has 1 atom stereocenters. The molecule has 0 aromatic heterocycles. The van der Waals surface area contributed by atoms with Gasteiger partial charge >= 0.3 is 0 Å². The molecule has 0 saturated carbocycles. The molecule has 0 aliphatic heterocycles. The van der Waals surface area contributed by atoms with Crippen LogP contribution in [0.3, 0.4) is 0 Å². The van der Waals surface area contributed by atoms with Gasteiger partial charge in [-0.05, 0) is 32.0 Å². The lowest BCUT2D eigenvalue weighted by atomic mass is 10.1. The summed E-state index contributed by atoms with van der Waals surface area (Å²) in [5, 5.41) is 0.478. The highest BCUT2D eigenvalue weighted by atomic mass is 35.5. The van der Waals surface area contributed by atoms with Crippen molar-refractivity contribution in [2.75, 3.05) is 6.61 Å². The van der Waals surface area contributed by atoms with E-state index in [1.165, 1.54) is 18.2 Å². The fourth-order valence-corrected chi connectivity index (χ4v) is 1.37. The van der Waals surface area contributed by atoms with Crippen LogP contribution < -0.4 is 5.73 Å². The van der Waals surface area contributed by atoms with Crippen LogP contribution in [0.2, 0.25) is 5.02 Å². The second kappa shape index (κ2) is 5.45. The Bertz CT molecular complexity index is 330. The van der Waals surface area contributed by atoms with Gasteiger partial charge in [0, 0.05) is 10.6 Å². The first kappa shape index (κ1) is 12.4. The zero-order valence-corrected chi connectivity index (χ0v) is 9.59. The van der Waals surface area contributed by atoms with Crippen LogP contribution in [0, 0.1) is 5.82 Å². The maximum absolute atomic E-state index is 13.4. The largest absolute Gasteiger partial charge is 0.377 e. The lowest BCUT2D eigenvalue weighted by Gasteiger charge is -2.15. The van der Waals surface area contributed by atoms with Crippen molar-refractivity contribution in [3.8, 4) is 0 Å². The molecule has 0 fully saturated rings. The monoisotopic (exact) mass is 231 g/mol. The van der Waals surface area contributed by atoms with Crippen molar-refractivity contribution < 1.29 is 9.13 Å². The Labute approximate surface area is 94.2 Å². The molecule has 1 aromatic rings. The summed E-state index contributed by atoms with van der Waals surface area (Å²) in [6.45, 7) is 4.09. The molecule has 0 bridgehead atoms. The molecule has 0 aliphatic rings. The standard InChI is InChI=1S/C11H15ClFNO/c1-7(2)15-6-11(14)9-5-8(12)3-4-10(9)13/h3-5,7,11H,6,14H2,1-2H3. The SMILES string of the molecule is CC(C)OCC(N)c1cc(Cl)ccc1F. The van der Waals surface area contributed by atoms with Gasteiger partial charge < -0.3 is 10.5 Å². The van der Waals surface area contributed by atoms with Crippen molar-refractivity contribution in [1.29, 1.82) is 0 Å². The van der Waals surface area contributed by atoms with Crippen LogP contribution in [0.15, 0.2) is 18.2 Å². The van der Waals surface area contributed by atoms with E-state index in [9.17, 15) is 4.39 Å². The molecule has 1 aromatic carbocycles. The predicted molar refractivity (Wildman–Crippen MR) is 59.4 cm³/mol. The normalized spacial score (nSPS) is 13.2. The van der Waals surface area contributed by atoms with Crippen molar-refractivity contribution in [1.82, 2.24) is 0 Å². The maximum atomic E-state index is 13.4. The average Bonchev–Trinajstić information content (AvgIpc) is 2.18. The summed E-state index contributed by atoms with van der Waals surface area (Å²) in [5.74, 6) is -0.348. The van der Waals surface area contributed by atoms with Gasteiger partial charge in [-0.15, -0.1) is 0 Å². The first-order valence-electron chi connectivity index (χ1n) is 4.83. The Morgan fingerprint density at radius 1 is 1.47 bits per heavy atom. The minimum atomic E-state index is -0.480. The van der Waals surface area contributed by atoms with Crippen LogP contribution in [0.25, 0.3) is 0 Å². The summed E-state index contributed by atoms with van der Waals surface area (Å²) < 4.78 is 18.7. The summed E-state index contributed by atoms with van der Waals surface area (Å²) >= 11 is 5.76. The number of hydrogen-bond acceptors (Lipinski definition) is 2. The lowest BCUT2D eigenvalue weighted by Crippen LogP contribution is -2.20. The summed E-state index contributed by atoms with van der Waals surface area (Å²) in [6.07, 6.45) is 0.0818. The molecular weight excluding hydrogens is 217 g/mol. The first-order valence-corrected chi connectivity index (χ1v) is 5.20. The van der Waals surface area contributed by atoms with E-state index in [0.29, 0.717) is 10.6 Å². The van der Waals surface area contributed by atoms with Gasteiger partial charge in [-0.3, -0.25) is 0 Å². The molecule has 0 aliphatic carbocycles. The summed E-state index contributed by atoms with van der Waals surface area (Å²) in [5.41, 5.74) is 6.18. The van der Waals surface area contributed by atoms with Crippen molar-refractivity contribution in [2.24, 2.45) is 5.73 Å². The molecule has 0 heterocycles. The van der Waals surface area contributed by atoms with Gasteiger partial charge in [0.05, 0.1) is 18.8 Å². The molecule has 1 unspecified atom stereocenters. The Morgan fingerprint density at radius 3 is 2.73 bits per heavy atom. The zero-order valence-electron chi connectivity index (χ0n) is 8.84. The van der Waals surface area contributed by atoms with Crippen LogP contribution >= 0.6 is 11.6 Å². The molecule has 2 nitrogen and oxygen atoms in total. The average molecular weight is 232 g/mol. The molecule has 15 heavy (non-hydrogen) atoms. The summed E-state index contributed by atoms with van der Waals surface area (Å²) in [4.78, 5) is 0. The third kappa shape index (κ3) is 3.78. The summed E-state index contributed by atoms with van der Waals surface area (Å²) in [6, 6.07) is 3.86. The van der Waals surface area contributed by atoms with Crippen molar-refractivity contribution >= 4 is 11.6 Å². The zero-order chi connectivity index (χ0) is 11.4. The van der Waals surface area contributed by atoms with E-state index in [-0.39, 0.29) is 18.5 Å². The molecule has 0 radical (unpaired) electrons. The van der Waals surface area contributed by atoms with Gasteiger partial charge in [0.25, 0.3) is 0 Å². The van der Waals surface area contributed by atoms with Crippen LogP contribution in [0.1, 0.15) is 25.5 Å². The second-order valence-electron chi connectivity index (χ2n) is 3.65. The number of nitrogens with two attached hydrogens (primary N) is 1. The highest BCUT2D eigenvalue weighted by molar-refractivity contribution is 6.30. The van der Waals surface area contributed by atoms with Gasteiger partial charge in [-0.2, -0.15) is 0 Å². The third-order valence-corrected chi connectivity index (χ3v) is 2.20. The quantitative estimate of drug-likeness (QED) is 0.865. The molecule has 84 valence electrons. The van der Waals surface area contributed by atoms with Gasteiger partial charge in [-0.25, -0.2) is 4.39 Å². The fourth-order valence-electron chi connectivity index (χ4n) is 1.18. The van der Waals surface area contributed by atoms with Crippen LogP contribution in [-0.4, -0.2) is 12.7 Å². The molecule has 0 amide bonds. The van der Waals surface area contributed by atoms with Crippen LogP contribution in [0.4, 0.5) is 4.39 Å². The molecule has 4 heteroatoms. The van der Waals surface area contributed by atoms with Gasteiger partial charge in [0.15, 0.2) is 0 Å². The molecular formula is C11H15ClFNO. The van der Waals surface area contributed by atoms with Gasteiger partial charge in [0.1, 0.15) is 5.82 Å². The number of hydrogen-bond donors (Lipinski definition) is 1. The molecule has 0 spiro atoms. The Balaban J connectivity index is 2.72. The van der Waals surface area contributed by atoms with E-state index in [4.69, 9.17) is 22.1 Å². The molecule has 1 rings (SSSR count). The van der Waals surface area contributed by atoms with Crippen molar-refractivity contribution in [2.45, 2.75) is 26.0 Å². The van der Waals surface area contributed by atoms with E-state index < -0.39 is 6.04 Å². The number of benzene rings is 1. The Kier molecular flexibility index (Phi) is 4.51. The second-order valence-corrected chi connectivity index (χ2v) is 4.09. The summed E-state index contributed by atoms with van der Waals surface area (Å²) in [7, 11) is 0. The van der Waals surface area contributed by atoms with Gasteiger partial charge in [0.2, 0.25) is 0 Å². The number of halogens is 2. The highest BCUT2D eigenvalue weighted by Gasteiger charge is 2.12. The van der Waals surface area contributed by atoms with Crippen LogP contribution in [-0.2, 0) is 4.74 Å². The van der Waals surface area contributed by atoms with E-state index in [1.54, 1.807) is 0 Å². The van der Waals surface area contributed by atoms with E-state index in [1.807, 2.05) is 13.8 Å². The minimum absolute atomic E-state index is 0.0818. The lowest BCUT2D eigenvalue weighted by molar-refractivity contribution is 0.0677. The topological polar surface area (TPSA) is 35.2 Å². The number of rotatable bonds is 4. The van der Waals surface area contributed by atoms with Gasteiger partial charge in [-0.1, -0.05) is 11.6 Å².